The first kappa shape index (κ1) is 28.3. The number of amides is 3. The van der Waals surface area contributed by atoms with Crippen LogP contribution in [0.4, 0.5) is 22.2 Å². The highest BCUT2D eigenvalue weighted by molar-refractivity contribution is 6.42. The van der Waals surface area contributed by atoms with Crippen molar-refractivity contribution in [2.75, 3.05) is 70.1 Å². The lowest BCUT2D eigenvalue weighted by Crippen LogP contribution is -2.49. The number of aromatic nitrogens is 2. The van der Waals surface area contributed by atoms with E-state index < -0.39 is 0 Å². The van der Waals surface area contributed by atoms with E-state index in [1.807, 2.05) is 19.0 Å². The van der Waals surface area contributed by atoms with Crippen LogP contribution in [0, 0.1) is 0 Å². The van der Waals surface area contributed by atoms with Crippen LogP contribution < -0.4 is 29.9 Å². The summed E-state index contributed by atoms with van der Waals surface area (Å²) in [6.07, 6.45) is 5.41. The van der Waals surface area contributed by atoms with E-state index in [0.29, 0.717) is 48.3 Å². The van der Waals surface area contributed by atoms with Gasteiger partial charge in [-0.2, -0.15) is 4.98 Å². The number of benzene rings is 1. The molecule has 2 N–H and O–H groups in total. The molecule has 2 aromatic rings. The highest BCUT2D eigenvalue weighted by Gasteiger charge is 2.36. The lowest BCUT2D eigenvalue weighted by atomic mass is 10.1. The molecule has 1 aliphatic heterocycles. The molecule has 0 bridgehead atoms. The molecule has 0 unspecified atom stereocenters. The first-order valence-corrected chi connectivity index (χ1v) is 12.3. The fourth-order valence-corrected chi connectivity index (χ4v) is 4.41. The Morgan fingerprint density at radius 2 is 1.89 bits per heavy atom. The van der Waals surface area contributed by atoms with Gasteiger partial charge in [0.25, 0.3) is 0 Å². The van der Waals surface area contributed by atoms with Crippen LogP contribution in [-0.2, 0) is 11.3 Å². The number of fused-ring (bicyclic) bond motifs is 1. The van der Waals surface area contributed by atoms with E-state index in [1.165, 1.54) is 30.1 Å². The number of rotatable bonds is 11. The molecule has 3 rings (SSSR count). The molecule has 0 saturated carbocycles. The first-order chi connectivity index (χ1) is 17.7. The molecule has 0 saturated heterocycles. The number of nitrogens with one attached hydrogen (secondary N) is 2. The Hall–Kier alpha value is -3.28. The minimum atomic E-state index is -0.385. The van der Waals surface area contributed by atoms with Crippen LogP contribution in [0.25, 0.3) is 0 Å². The Morgan fingerprint density at radius 1 is 1.22 bits per heavy atom. The molecule has 3 amide bonds. The quantitative estimate of drug-likeness (QED) is 0.322. The van der Waals surface area contributed by atoms with Crippen molar-refractivity contribution in [3.8, 4) is 11.5 Å². The van der Waals surface area contributed by atoms with E-state index in [9.17, 15) is 9.59 Å². The number of hydrogen-bond acceptors (Lipinski definition) is 8. The van der Waals surface area contributed by atoms with E-state index in [2.05, 4.69) is 20.6 Å². The summed E-state index contributed by atoms with van der Waals surface area (Å²) in [5.41, 5.74) is 0.959. The minimum Gasteiger partial charge on any atom is -0.495 e. The van der Waals surface area contributed by atoms with Gasteiger partial charge in [0.1, 0.15) is 27.4 Å². The van der Waals surface area contributed by atoms with Crippen molar-refractivity contribution in [1.82, 2.24) is 20.2 Å². The predicted molar refractivity (Wildman–Crippen MR) is 145 cm³/mol. The predicted octanol–water partition coefficient (Wildman–Crippen LogP) is 3.41. The van der Waals surface area contributed by atoms with Crippen LogP contribution in [0.5, 0.6) is 11.5 Å². The van der Waals surface area contributed by atoms with Crippen molar-refractivity contribution in [2.24, 2.45) is 0 Å². The van der Waals surface area contributed by atoms with Gasteiger partial charge in [-0.3, -0.25) is 14.6 Å². The SMILES string of the molecule is CNc1ncc2c(n1)N(CCCNC(=O)C=CCN(C)C)C(=O)N(c1c(Cl)c(OC)cc(OC)c1Cl)C2. The highest BCUT2D eigenvalue weighted by Crippen LogP contribution is 2.47. The molecule has 1 aromatic carbocycles. The zero-order valence-electron chi connectivity index (χ0n) is 21.5. The molecule has 37 heavy (non-hydrogen) atoms. The largest absolute Gasteiger partial charge is 0.495 e. The summed E-state index contributed by atoms with van der Waals surface area (Å²) < 4.78 is 10.8. The maximum absolute atomic E-state index is 13.8. The Bertz CT molecular complexity index is 1150. The fourth-order valence-electron chi connectivity index (χ4n) is 3.70. The van der Waals surface area contributed by atoms with Crippen LogP contribution >= 0.6 is 23.2 Å². The molecule has 0 radical (unpaired) electrons. The van der Waals surface area contributed by atoms with Gasteiger partial charge < -0.3 is 25.0 Å². The maximum atomic E-state index is 13.8. The zero-order chi connectivity index (χ0) is 27.1. The van der Waals surface area contributed by atoms with Crippen LogP contribution in [-0.4, -0.2) is 81.8 Å². The molecule has 0 aliphatic carbocycles. The molecule has 200 valence electrons. The molecule has 1 aliphatic rings. The van der Waals surface area contributed by atoms with Crippen molar-refractivity contribution in [1.29, 1.82) is 0 Å². The van der Waals surface area contributed by atoms with Gasteiger partial charge in [-0.15, -0.1) is 0 Å². The zero-order valence-corrected chi connectivity index (χ0v) is 23.0. The maximum Gasteiger partial charge on any atom is 0.330 e. The summed E-state index contributed by atoms with van der Waals surface area (Å²) >= 11 is 13.2. The van der Waals surface area contributed by atoms with Crippen LogP contribution in [0.2, 0.25) is 10.0 Å². The molecule has 2 heterocycles. The normalized spacial score (nSPS) is 13.2. The molecule has 13 heteroatoms. The highest BCUT2D eigenvalue weighted by atomic mass is 35.5. The Morgan fingerprint density at radius 3 is 2.49 bits per heavy atom. The standard InChI is InChI=1S/C24H31Cl2N7O4/c1-27-23-29-13-15-14-33(21-19(25)16(36-4)12-17(37-5)20(21)26)24(35)32(22(15)30-23)11-7-9-28-18(34)8-6-10-31(2)3/h6,8,12-13H,7,9-11,14H2,1-5H3,(H,28,34)(H,27,29,30). The van der Waals surface area contributed by atoms with Crippen LogP contribution in [0.3, 0.4) is 0 Å². The molecule has 0 atom stereocenters. The second kappa shape index (κ2) is 12.8. The second-order valence-corrected chi connectivity index (χ2v) is 9.14. The number of hydrogen-bond donors (Lipinski definition) is 2. The smallest absolute Gasteiger partial charge is 0.330 e. The number of nitrogens with zero attached hydrogens (tertiary/aromatic N) is 5. The van der Waals surface area contributed by atoms with Crippen molar-refractivity contribution in [3.05, 3.63) is 40.0 Å². The number of halogens is 2. The van der Waals surface area contributed by atoms with E-state index in [0.717, 1.165) is 0 Å². The average Bonchev–Trinajstić information content (AvgIpc) is 2.87. The van der Waals surface area contributed by atoms with Crippen LogP contribution in [0.15, 0.2) is 24.4 Å². The number of ether oxygens (including phenoxy) is 2. The van der Waals surface area contributed by atoms with E-state index >= 15 is 0 Å². The van der Waals surface area contributed by atoms with Gasteiger partial charge in [-0.05, 0) is 20.5 Å². The molecular formula is C24H31Cl2N7O4. The second-order valence-electron chi connectivity index (χ2n) is 8.38. The monoisotopic (exact) mass is 551 g/mol. The van der Waals surface area contributed by atoms with E-state index in [1.54, 1.807) is 25.4 Å². The lowest BCUT2D eigenvalue weighted by molar-refractivity contribution is -0.116. The van der Waals surface area contributed by atoms with Crippen LogP contribution in [0.1, 0.15) is 12.0 Å². The first-order valence-electron chi connectivity index (χ1n) is 11.5. The summed E-state index contributed by atoms with van der Waals surface area (Å²) in [6.45, 7) is 1.44. The third-order valence-corrected chi connectivity index (χ3v) is 6.26. The molecule has 0 spiro atoms. The Kier molecular flexibility index (Phi) is 9.79. The van der Waals surface area contributed by atoms with Crippen molar-refractivity contribution < 1.29 is 19.1 Å². The molecule has 0 fully saturated rings. The van der Waals surface area contributed by atoms with Crippen molar-refractivity contribution >= 4 is 52.6 Å². The van der Waals surface area contributed by atoms with E-state index in [-0.39, 0.29) is 40.8 Å². The summed E-state index contributed by atoms with van der Waals surface area (Å²) in [5.74, 6) is 1.28. The topological polar surface area (TPSA) is 112 Å². The number of carbonyl (C=O) groups excluding carboxylic acids is 2. The fraction of sp³-hybridized carbons (Fsp3) is 0.417. The number of urea groups is 1. The van der Waals surface area contributed by atoms with Gasteiger partial charge in [-0.25, -0.2) is 9.78 Å². The molecule has 11 nitrogen and oxygen atoms in total. The number of carbonyl (C=O) groups is 2. The van der Waals surface area contributed by atoms with Gasteiger partial charge in [0.2, 0.25) is 11.9 Å². The number of methoxy groups -OCH3 is 2. The molecule has 1 aromatic heterocycles. The van der Waals surface area contributed by atoms with Crippen molar-refractivity contribution in [2.45, 2.75) is 13.0 Å². The third kappa shape index (κ3) is 6.54. The summed E-state index contributed by atoms with van der Waals surface area (Å²) in [4.78, 5) is 39.6. The summed E-state index contributed by atoms with van der Waals surface area (Å²) in [6, 6.07) is 1.18. The number of likely N-dealkylation sites (N-methyl/N-ethyl adjacent to an activating group) is 1. The van der Waals surface area contributed by atoms with Gasteiger partial charge in [0, 0.05) is 50.6 Å². The van der Waals surface area contributed by atoms with E-state index in [4.69, 9.17) is 32.7 Å². The number of anilines is 3. The van der Waals surface area contributed by atoms with Gasteiger partial charge in [0.05, 0.1) is 26.5 Å². The summed E-state index contributed by atoms with van der Waals surface area (Å²) in [7, 11) is 8.47. The lowest BCUT2D eigenvalue weighted by Gasteiger charge is -2.37. The molecular weight excluding hydrogens is 521 g/mol. The van der Waals surface area contributed by atoms with Gasteiger partial charge in [0.15, 0.2) is 0 Å². The third-order valence-electron chi connectivity index (χ3n) is 5.53. The Labute approximate surface area is 226 Å². The minimum absolute atomic E-state index is 0.137. The van der Waals surface area contributed by atoms with Crippen molar-refractivity contribution in [3.63, 3.8) is 0 Å². The van der Waals surface area contributed by atoms with Gasteiger partial charge in [-0.1, -0.05) is 29.3 Å². The summed E-state index contributed by atoms with van der Waals surface area (Å²) in [5, 5.41) is 6.08. The Balaban J connectivity index is 1.88. The van der Waals surface area contributed by atoms with Gasteiger partial charge >= 0.3 is 6.03 Å². The average molecular weight is 552 g/mol.